The number of aromatic nitrogens is 1. The molecule has 4 rings (SSSR count). The van der Waals surface area contributed by atoms with Crippen LogP contribution in [0.2, 0.25) is 0 Å². The van der Waals surface area contributed by atoms with Crippen LogP contribution in [0.15, 0.2) is 52.1 Å². The van der Waals surface area contributed by atoms with E-state index in [-0.39, 0.29) is 21.3 Å². The standard InChI is InChI=1S/C25H24N2O7S/c1-5-12-33-16-9-7-15(8-10-16)19-18(20(28)17-11-6-13(2)34-17)21(29)23(30)27(19)25-26-14(3)22(35-25)24(31)32-4/h6-11,19,29H,5,12H2,1-4H3. The van der Waals surface area contributed by atoms with Gasteiger partial charge in [-0.2, -0.15) is 0 Å². The van der Waals surface area contributed by atoms with Gasteiger partial charge in [-0.3, -0.25) is 14.5 Å². The summed E-state index contributed by atoms with van der Waals surface area (Å²) in [5.41, 5.74) is 0.775. The number of hydrogen-bond donors (Lipinski definition) is 1. The van der Waals surface area contributed by atoms with E-state index in [4.69, 9.17) is 13.9 Å². The van der Waals surface area contributed by atoms with Crippen LogP contribution in [0.5, 0.6) is 5.75 Å². The highest BCUT2D eigenvalue weighted by atomic mass is 32.1. The van der Waals surface area contributed by atoms with Gasteiger partial charge in [-0.25, -0.2) is 9.78 Å². The summed E-state index contributed by atoms with van der Waals surface area (Å²) in [5.74, 6) is -1.58. The number of methoxy groups -OCH3 is 1. The quantitative estimate of drug-likeness (QED) is 0.352. The van der Waals surface area contributed by atoms with Crippen molar-refractivity contribution in [2.75, 3.05) is 18.6 Å². The van der Waals surface area contributed by atoms with Crippen molar-refractivity contribution in [3.8, 4) is 5.75 Å². The van der Waals surface area contributed by atoms with E-state index in [0.29, 0.717) is 29.4 Å². The number of aliphatic hydroxyl groups is 1. The summed E-state index contributed by atoms with van der Waals surface area (Å²) in [5, 5.41) is 11.0. The summed E-state index contributed by atoms with van der Waals surface area (Å²) >= 11 is 0.944. The van der Waals surface area contributed by atoms with Gasteiger partial charge in [-0.15, -0.1) is 0 Å². The summed E-state index contributed by atoms with van der Waals surface area (Å²) in [6, 6.07) is 9.02. The molecule has 1 amide bonds. The second-order valence-corrected chi connectivity index (χ2v) is 8.88. The zero-order valence-electron chi connectivity index (χ0n) is 19.7. The average Bonchev–Trinajstić information content (AvgIpc) is 3.53. The Bertz CT molecular complexity index is 1320. The van der Waals surface area contributed by atoms with Crippen LogP contribution in [0.1, 0.15) is 56.6 Å². The van der Waals surface area contributed by atoms with E-state index in [0.717, 1.165) is 17.8 Å². The van der Waals surface area contributed by atoms with Crippen LogP contribution in [0.25, 0.3) is 0 Å². The van der Waals surface area contributed by atoms with E-state index in [1.54, 1.807) is 44.2 Å². The third-order valence-electron chi connectivity index (χ3n) is 5.45. The Labute approximate surface area is 205 Å². The molecule has 182 valence electrons. The van der Waals surface area contributed by atoms with Crippen LogP contribution < -0.4 is 9.64 Å². The summed E-state index contributed by atoms with van der Waals surface area (Å²) in [4.78, 5) is 44.6. The Morgan fingerprint density at radius 1 is 1.17 bits per heavy atom. The zero-order valence-corrected chi connectivity index (χ0v) is 20.5. The monoisotopic (exact) mass is 496 g/mol. The second-order valence-electron chi connectivity index (χ2n) is 7.90. The van der Waals surface area contributed by atoms with Gasteiger partial charge >= 0.3 is 5.97 Å². The summed E-state index contributed by atoms with van der Waals surface area (Å²) < 4.78 is 15.9. The molecule has 1 unspecified atom stereocenters. The van der Waals surface area contributed by atoms with Crippen LogP contribution >= 0.6 is 11.3 Å². The maximum Gasteiger partial charge on any atom is 0.350 e. The molecule has 1 N–H and O–H groups in total. The number of ketones is 1. The normalized spacial score (nSPS) is 15.6. The van der Waals surface area contributed by atoms with Crippen molar-refractivity contribution in [2.24, 2.45) is 0 Å². The Balaban J connectivity index is 1.82. The number of anilines is 1. The van der Waals surface area contributed by atoms with E-state index in [2.05, 4.69) is 4.98 Å². The van der Waals surface area contributed by atoms with E-state index in [9.17, 15) is 19.5 Å². The van der Waals surface area contributed by atoms with Gasteiger partial charge in [0.15, 0.2) is 16.7 Å². The fourth-order valence-electron chi connectivity index (χ4n) is 3.77. The fourth-order valence-corrected chi connectivity index (χ4v) is 4.78. The lowest BCUT2D eigenvalue weighted by Gasteiger charge is -2.24. The molecule has 0 saturated heterocycles. The topological polar surface area (TPSA) is 119 Å². The molecule has 3 heterocycles. The number of carbonyl (C=O) groups excluding carboxylic acids is 3. The zero-order chi connectivity index (χ0) is 25.3. The number of carbonyl (C=O) groups is 3. The highest BCUT2D eigenvalue weighted by Crippen LogP contribution is 2.44. The van der Waals surface area contributed by atoms with E-state index < -0.39 is 29.5 Å². The van der Waals surface area contributed by atoms with Gasteiger partial charge in [0.1, 0.15) is 16.4 Å². The number of furan rings is 1. The number of ether oxygens (including phenoxy) is 2. The van der Waals surface area contributed by atoms with Crippen molar-refractivity contribution in [1.82, 2.24) is 4.98 Å². The van der Waals surface area contributed by atoms with Crippen molar-refractivity contribution in [2.45, 2.75) is 33.2 Å². The molecule has 35 heavy (non-hydrogen) atoms. The molecule has 10 heteroatoms. The number of benzene rings is 1. The van der Waals surface area contributed by atoms with Gasteiger partial charge in [0.05, 0.1) is 31.0 Å². The number of amides is 1. The van der Waals surface area contributed by atoms with Crippen LogP contribution in [-0.2, 0) is 9.53 Å². The number of aryl methyl sites for hydroxylation is 2. The molecule has 1 aromatic carbocycles. The number of hydrogen-bond acceptors (Lipinski definition) is 9. The van der Waals surface area contributed by atoms with Gasteiger partial charge in [0.2, 0.25) is 5.78 Å². The molecule has 0 bridgehead atoms. The molecule has 2 aromatic heterocycles. The number of nitrogens with zero attached hydrogens (tertiary/aromatic N) is 2. The van der Waals surface area contributed by atoms with Crippen molar-refractivity contribution in [3.05, 3.63) is 75.4 Å². The molecule has 1 aliphatic heterocycles. The first kappa shape index (κ1) is 24.2. The summed E-state index contributed by atoms with van der Waals surface area (Å²) in [7, 11) is 1.25. The third-order valence-corrected chi connectivity index (χ3v) is 6.58. The van der Waals surface area contributed by atoms with Gasteiger partial charge in [0.25, 0.3) is 5.91 Å². The lowest BCUT2D eigenvalue weighted by atomic mass is 9.95. The molecule has 0 aliphatic carbocycles. The van der Waals surface area contributed by atoms with Crippen molar-refractivity contribution >= 4 is 34.1 Å². The SMILES string of the molecule is CCCOc1ccc(C2C(C(=O)c3ccc(C)o3)=C(O)C(=O)N2c2nc(C)c(C(=O)OC)s2)cc1. The predicted octanol–water partition coefficient (Wildman–Crippen LogP) is 4.71. The van der Waals surface area contributed by atoms with E-state index in [1.165, 1.54) is 18.1 Å². The molecular weight excluding hydrogens is 472 g/mol. The first-order valence-electron chi connectivity index (χ1n) is 10.9. The molecule has 1 aliphatic rings. The van der Waals surface area contributed by atoms with Crippen LogP contribution in [0.4, 0.5) is 5.13 Å². The number of esters is 1. The minimum Gasteiger partial charge on any atom is -0.503 e. The number of aliphatic hydroxyl groups excluding tert-OH is 1. The van der Waals surface area contributed by atoms with E-state index >= 15 is 0 Å². The number of thiazole rings is 1. The Morgan fingerprint density at radius 3 is 2.49 bits per heavy atom. The largest absolute Gasteiger partial charge is 0.503 e. The third kappa shape index (κ3) is 4.44. The van der Waals surface area contributed by atoms with Crippen LogP contribution in [-0.4, -0.2) is 41.5 Å². The highest BCUT2D eigenvalue weighted by Gasteiger charge is 2.46. The number of rotatable bonds is 8. The van der Waals surface area contributed by atoms with Crippen molar-refractivity contribution in [1.29, 1.82) is 0 Å². The predicted molar refractivity (Wildman–Crippen MR) is 128 cm³/mol. The smallest absolute Gasteiger partial charge is 0.350 e. The number of Topliss-reactive ketones (excluding diaryl/α,β-unsaturated/α-hetero) is 1. The molecule has 0 spiro atoms. The molecule has 0 fully saturated rings. The lowest BCUT2D eigenvalue weighted by molar-refractivity contribution is -0.117. The summed E-state index contributed by atoms with van der Waals surface area (Å²) in [6.45, 7) is 5.85. The first-order chi connectivity index (χ1) is 16.8. The van der Waals surface area contributed by atoms with Crippen LogP contribution in [0, 0.1) is 13.8 Å². The molecular formula is C25H24N2O7S. The minimum absolute atomic E-state index is 0.00262. The molecule has 3 aromatic rings. The van der Waals surface area contributed by atoms with Gasteiger partial charge in [-0.1, -0.05) is 30.4 Å². The minimum atomic E-state index is -1.00. The maximum atomic E-state index is 13.4. The van der Waals surface area contributed by atoms with Crippen LogP contribution in [0.3, 0.4) is 0 Å². The van der Waals surface area contributed by atoms with Gasteiger partial charge in [-0.05, 0) is 50.1 Å². The Morgan fingerprint density at radius 2 is 1.89 bits per heavy atom. The molecule has 1 atom stereocenters. The Hall–Kier alpha value is -3.92. The first-order valence-corrected chi connectivity index (χ1v) is 11.7. The second kappa shape index (κ2) is 9.75. The fraction of sp³-hybridized carbons (Fsp3) is 0.280. The van der Waals surface area contributed by atoms with E-state index in [1.807, 2.05) is 6.92 Å². The molecule has 0 saturated carbocycles. The van der Waals surface area contributed by atoms with Gasteiger partial charge in [0, 0.05) is 0 Å². The van der Waals surface area contributed by atoms with Crippen molar-refractivity contribution in [3.63, 3.8) is 0 Å². The lowest BCUT2D eigenvalue weighted by Crippen LogP contribution is -2.31. The maximum absolute atomic E-state index is 13.4. The molecule has 0 radical (unpaired) electrons. The Kier molecular flexibility index (Phi) is 6.74. The molecule has 9 nitrogen and oxygen atoms in total. The average molecular weight is 497 g/mol. The van der Waals surface area contributed by atoms with Gasteiger partial charge < -0.3 is 19.0 Å². The highest BCUT2D eigenvalue weighted by molar-refractivity contribution is 7.17. The van der Waals surface area contributed by atoms with Crippen molar-refractivity contribution < 1.29 is 33.4 Å². The summed E-state index contributed by atoms with van der Waals surface area (Å²) in [6.07, 6.45) is 0.844.